The summed E-state index contributed by atoms with van der Waals surface area (Å²) < 4.78 is 6.58. The molecule has 3 fully saturated rings. The Balaban J connectivity index is 1.24. The zero-order valence-corrected chi connectivity index (χ0v) is 27.9. The quantitative estimate of drug-likeness (QED) is 0.298. The predicted octanol–water partition coefficient (Wildman–Crippen LogP) is 10.5. The molecule has 232 valence electrons. The van der Waals surface area contributed by atoms with Gasteiger partial charge in [0.25, 0.3) is 0 Å². The maximum atomic E-state index is 12.4. The highest BCUT2D eigenvalue weighted by Gasteiger charge is 2.59. The third-order valence-corrected chi connectivity index (χ3v) is 13.0. The molecule has 1 amide bonds. The lowest BCUT2D eigenvalue weighted by Crippen LogP contribution is -2.51. The SMILES string of the molecule is CCC(C)C(=O)Nc1cccc(OC2CCC3(C)C(=CCC4C3CCC3(C)C(C(C)C=CC(C)C(C)C)CCC43)C2)c1. The molecular formula is C39H59NO2. The summed E-state index contributed by atoms with van der Waals surface area (Å²) in [6, 6.07) is 7.99. The van der Waals surface area contributed by atoms with Crippen LogP contribution in [0.3, 0.4) is 0 Å². The van der Waals surface area contributed by atoms with Gasteiger partial charge in [0.2, 0.25) is 5.91 Å². The van der Waals surface area contributed by atoms with Crippen LogP contribution in [0, 0.1) is 58.2 Å². The van der Waals surface area contributed by atoms with Crippen molar-refractivity contribution >= 4 is 11.6 Å². The van der Waals surface area contributed by atoms with Crippen LogP contribution in [-0.2, 0) is 4.79 Å². The molecule has 3 saturated carbocycles. The van der Waals surface area contributed by atoms with Crippen LogP contribution in [0.25, 0.3) is 0 Å². The summed E-state index contributed by atoms with van der Waals surface area (Å²) in [5.74, 6) is 6.38. The van der Waals surface area contributed by atoms with Crippen LogP contribution in [0.1, 0.15) is 113 Å². The van der Waals surface area contributed by atoms with E-state index in [1.807, 2.05) is 38.1 Å². The Hall–Kier alpha value is -2.03. The molecule has 3 heteroatoms. The first kappa shape index (κ1) is 31.4. The van der Waals surface area contributed by atoms with Gasteiger partial charge in [-0.2, -0.15) is 0 Å². The summed E-state index contributed by atoms with van der Waals surface area (Å²) in [4.78, 5) is 12.4. The number of hydrogen-bond acceptors (Lipinski definition) is 2. The molecule has 1 N–H and O–H groups in total. The molecule has 1 aromatic carbocycles. The maximum Gasteiger partial charge on any atom is 0.227 e. The summed E-state index contributed by atoms with van der Waals surface area (Å²) in [5, 5.41) is 3.07. The zero-order chi connectivity index (χ0) is 30.2. The number of allylic oxidation sites excluding steroid dienone is 3. The Morgan fingerprint density at radius 2 is 1.81 bits per heavy atom. The van der Waals surface area contributed by atoms with Crippen molar-refractivity contribution in [1.29, 1.82) is 0 Å². The molecule has 0 radical (unpaired) electrons. The highest BCUT2D eigenvalue weighted by Crippen LogP contribution is 2.67. The standard InChI is InChI=1S/C39H59NO2/c1-9-26(4)37(41)40-30-11-10-12-31(24-30)42-32-19-21-38(7)29(23-32)15-16-33-35-18-17-34(39(35,8)22-20-36(33)38)28(6)14-13-27(5)25(2)3/h10-15,24-28,32-36H,9,16-23H2,1-8H3,(H,40,41). The van der Waals surface area contributed by atoms with Gasteiger partial charge in [0.1, 0.15) is 11.9 Å². The number of amides is 1. The molecule has 10 unspecified atom stereocenters. The molecule has 0 aromatic heterocycles. The lowest BCUT2D eigenvalue weighted by atomic mass is 9.47. The van der Waals surface area contributed by atoms with Crippen molar-refractivity contribution in [2.45, 2.75) is 119 Å². The van der Waals surface area contributed by atoms with Crippen LogP contribution in [0.2, 0.25) is 0 Å². The van der Waals surface area contributed by atoms with E-state index in [0.29, 0.717) is 28.6 Å². The fourth-order valence-corrected chi connectivity index (χ4v) is 9.63. The average molecular weight is 574 g/mol. The van der Waals surface area contributed by atoms with E-state index >= 15 is 0 Å². The fraction of sp³-hybridized carbons (Fsp3) is 0.718. The second-order valence-electron chi connectivity index (χ2n) is 15.6. The molecule has 4 aliphatic rings. The second-order valence-corrected chi connectivity index (χ2v) is 15.6. The third kappa shape index (κ3) is 6.00. The van der Waals surface area contributed by atoms with Crippen molar-refractivity contribution in [3.63, 3.8) is 0 Å². The average Bonchev–Trinajstić information content (AvgIpc) is 3.32. The number of hydrogen-bond donors (Lipinski definition) is 1. The number of carbonyl (C=O) groups is 1. The fourth-order valence-electron chi connectivity index (χ4n) is 9.63. The van der Waals surface area contributed by atoms with Gasteiger partial charge < -0.3 is 10.1 Å². The van der Waals surface area contributed by atoms with Crippen molar-refractivity contribution in [2.75, 3.05) is 5.32 Å². The number of carbonyl (C=O) groups excluding carboxylic acids is 1. The zero-order valence-electron chi connectivity index (χ0n) is 27.9. The number of benzene rings is 1. The predicted molar refractivity (Wildman–Crippen MR) is 176 cm³/mol. The molecule has 0 spiro atoms. The molecule has 4 aliphatic carbocycles. The lowest BCUT2D eigenvalue weighted by Gasteiger charge is -2.58. The van der Waals surface area contributed by atoms with Gasteiger partial charge in [-0.15, -0.1) is 0 Å². The van der Waals surface area contributed by atoms with Crippen LogP contribution in [0.4, 0.5) is 5.69 Å². The van der Waals surface area contributed by atoms with Gasteiger partial charge in [-0.1, -0.05) is 85.3 Å². The number of nitrogens with one attached hydrogen (secondary N) is 1. The van der Waals surface area contributed by atoms with Gasteiger partial charge in [-0.25, -0.2) is 0 Å². The molecule has 42 heavy (non-hydrogen) atoms. The Morgan fingerprint density at radius 1 is 1.02 bits per heavy atom. The second kappa shape index (κ2) is 12.5. The largest absolute Gasteiger partial charge is 0.490 e. The number of rotatable bonds is 9. The monoisotopic (exact) mass is 573 g/mol. The van der Waals surface area contributed by atoms with Crippen molar-refractivity contribution < 1.29 is 9.53 Å². The number of ether oxygens (including phenoxy) is 1. The lowest BCUT2D eigenvalue weighted by molar-refractivity contribution is -0.119. The minimum absolute atomic E-state index is 0.0132. The number of anilines is 1. The van der Waals surface area contributed by atoms with Gasteiger partial charge in [0.15, 0.2) is 0 Å². The van der Waals surface area contributed by atoms with Crippen molar-refractivity contribution in [1.82, 2.24) is 0 Å². The summed E-state index contributed by atoms with van der Waals surface area (Å²) >= 11 is 0. The Bertz CT molecular complexity index is 1170. The van der Waals surface area contributed by atoms with E-state index < -0.39 is 0 Å². The molecule has 3 nitrogen and oxygen atoms in total. The van der Waals surface area contributed by atoms with E-state index in [0.717, 1.165) is 54.4 Å². The first-order chi connectivity index (χ1) is 20.0. The van der Waals surface area contributed by atoms with Gasteiger partial charge in [0.05, 0.1) is 0 Å². The smallest absolute Gasteiger partial charge is 0.227 e. The Morgan fingerprint density at radius 3 is 2.55 bits per heavy atom. The highest BCUT2D eigenvalue weighted by molar-refractivity contribution is 5.92. The van der Waals surface area contributed by atoms with E-state index in [9.17, 15) is 4.79 Å². The normalized spacial score (nSPS) is 36.4. The minimum Gasteiger partial charge on any atom is -0.490 e. The summed E-state index contributed by atoms with van der Waals surface area (Å²) in [7, 11) is 0. The molecule has 5 rings (SSSR count). The molecule has 0 bridgehead atoms. The summed E-state index contributed by atoms with van der Waals surface area (Å²) in [5.41, 5.74) is 3.31. The van der Waals surface area contributed by atoms with E-state index in [2.05, 4.69) is 65.1 Å². The molecular weight excluding hydrogens is 514 g/mol. The highest BCUT2D eigenvalue weighted by atomic mass is 16.5. The van der Waals surface area contributed by atoms with E-state index in [1.165, 1.54) is 38.5 Å². The van der Waals surface area contributed by atoms with Crippen molar-refractivity contribution in [3.8, 4) is 5.75 Å². The van der Waals surface area contributed by atoms with E-state index in [4.69, 9.17) is 4.74 Å². The van der Waals surface area contributed by atoms with Gasteiger partial charge in [0, 0.05) is 24.1 Å². The third-order valence-electron chi connectivity index (χ3n) is 13.0. The first-order valence-electron chi connectivity index (χ1n) is 17.4. The van der Waals surface area contributed by atoms with E-state index in [1.54, 1.807) is 5.57 Å². The Labute approximate surface area is 257 Å². The van der Waals surface area contributed by atoms with Gasteiger partial charge in [-0.05, 0) is 116 Å². The first-order valence-corrected chi connectivity index (χ1v) is 17.4. The Kier molecular flexibility index (Phi) is 9.36. The van der Waals surface area contributed by atoms with Crippen LogP contribution in [0.15, 0.2) is 48.1 Å². The summed E-state index contributed by atoms with van der Waals surface area (Å²) in [6.07, 6.45) is 19.1. The molecule has 0 saturated heterocycles. The van der Waals surface area contributed by atoms with Crippen LogP contribution >= 0.6 is 0 Å². The van der Waals surface area contributed by atoms with Crippen LogP contribution in [0.5, 0.6) is 5.75 Å². The number of fused-ring (bicyclic) bond motifs is 5. The molecule has 0 heterocycles. The van der Waals surface area contributed by atoms with Crippen LogP contribution < -0.4 is 10.1 Å². The summed E-state index contributed by atoms with van der Waals surface area (Å²) in [6.45, 7) is 18.9. The van der Waals surface area contributed by atoms with Crippen molar-refractivity contribution in [2.24, 2.45) is 58.2 Å². The molecule has 0 aliphatic heterocycles. The van der Waals surface area contributed by atoms with E-state index in [-0.39, 0.29) is 17.9 Å². The topological polar surface area (TPSA) is 38.3 Å². The van der Waals surface area contributed by atoms with Gasteiger partial charge in [-0.3, -0.25) is 4.79 Å². The van der Waals surface area contributed by atoms with Crippen molar-refractivity contribution in [3.05, 3.63) is 48.1 Å². The maximum absolute atomic E-state index is 12.4. The molecule has 10 atom stereocenters. The molecule has 1 aromatic rings. The minimum atomic E-state index is 0.0132. The van der Waals surface area contributed by atoms with Crippen LogP contribution in [-0.4, -0.2) is 12.0 Å². The van der Waals surface area contributed by atoms with Gasteiger partial charge >= 0.3 is 0 Å².